The molecule has 2 rings (SSSR count). The van der Waals surface area contributed by atoms with E-state index in [1.807, 2.05) is 18.2 Å². The van der Waals surface area contributed by atoms with Crippen LogP contribution in [-0.4, -0.2) is 18.3 Å². The summed E-state index contributed by atoms with van der Waals surface area (Å²) in [6, 6.07) is 5.86. The zero-order valence-corrected chi connectivity index (χ0v) is 10.6. The molecule has 0 heterocycles. The first-order valence-corrected chi connectivity index (χ1v) is 6.06. The van der Waals surface area contributed by atoms with Gasteiger partial charge >= 0.3 is 0 Å². The third-order valence-electron chi connectivity index (χ3n) is 3.25. The fourth-order valence-electron chi connectivity index (χ4n) is 2.04. The van der Waals surface area contributed by atoms with Gasteiger partial charge in [-0.3, -0.25) is 0 Å². The van der Waals surface area contributed by atoms with E-state index in [0.717, 1.165) is 21.5 Å². The van der Waals surface area contributed by atoms with Gasteiger partial charge in [0.2, 0.25) is 0 Å². The van der Waals surface area contributed by atoms with Crippen LogP contribution in [0.5, 0.6) is 0 Å². The molecule has 0 aromatic heterocycles. The molecular weight excluding hydrogens is 277 g/mol. The van der Waals surface area contributed by atoms with E-state index < -0.39 is 0 Å². The normalized spacial score (nSPS) is 29.2. The number of aliphatic hydroxyl groups excluding tert-OH is 1. The minimum Gasteiger partial charge on any atom is -0.396 e. The third kappa shape index (κ3) is 1.94. The van der Waals surface area contributed by atoms with Crippen LogP contribution in [0.15, 0.2) is 22.7 Å². The summed E-state index contributed by atoms with van der Waals surface area (Å²) in [7, 11) is 0. The maximum atomic E-state index is 9.30. The lowest BCUT2D eigenvalue weighted by molar-refractivity contribution is 0.211. The summed E-state index contributed by atoms with van der Waals surface area (Å²) < 4.78 is 0.972. The zero-order valence-electron chi connectivity index (χ0n) is 8.21. The molecule has 1 aliphatic rings. The van der Waals surface area contributed by atoms with Gasteiger partial charge in [0.05, 0.1) is 6.61 Å². The highest BCUT2D eigenvalue weighted by molar-refractivity contribution is 9.10. The molecule has 1 fully saturated rings. The summed E-state index contributed by atoms with van der Waals surface area (Å²) in [4.78, 5) is 0. The summed E-state index contributed by atoms with van der Waals surface area (Å²) in [5.74, 6) is 0.313. The minimum atomic E-state index is -0.128. The lowest BCUT2D eigenvalue weighted by Crippen LogP contribution is -2.21. The topological polar surface area (TPSA) is 46.2 Å². The molecule has 0 bridgehead atoms. The smallest absolute Gasteiger partial charge is 0.0505 e. The molecule has 82 valence electrons. The lowest BCUT2D eigenvalue weighted by atomic mass is 10.0. The summed E-state index contributed by atoms with van der Waals surface area (Å²) in [6.45, 7) is 0.654. The van der Waals surface area contributed by atoms with Gasteiger partial charge in [0.15, 0.2) is 0 Å². The van der Waals surface area contributed by atoms with Gasteiger partial charge < -0.3 is 10.8 Å². The van der Waals surface area contributed by atoms with Gasteiger partial charge in [-0.25, -0.2) is 0 Å². The number of rotatable bonds is 3. The van der Waals surface area contributed by atoms with E-state index in [9.17, 15) is 5.11 Å². The molecule has 0 spiro atoms. The summed E-state index contributed by atoms with van der Waals surface area (Å²) in [5.41, 5.74) is 6.64. The van der Waals surface area contributed by atoms with E-state index in [4.69, 9.17) is 17.3 Å². The molecule has 0 radical (unpaired) electrons. The van der Waals surface area contributed by atoms with Crippen LogP contribution in [0.3, 0.4) is 0 Å². The predicted octanol–water partition coefficient (Wildman–Crippen LogP) is 2.53. The number of halogens is 2. The van der Waals surface area contributed by atoms with Gasteiger partial charge in [0.25, 0.3) is 0 Å². The summed E-state index contributed by atoms with van der Waals surface area (Å²) in [5, 5.41) is 10.0. The largest absolute Gasteiger partial charge is 0.396 e. The monoisotopic (exact) mass is 289 g/mol. The van der Waals surface area contributed by atoms with Gasteiger partial charge in [0, 0.05) is 21.5 Å². The van der Waals surface area contributed by atoms with Crippen molar-refractivity contribution in [3.63, 3.8) is 0 Å². The standard InChI is InChI=1S/C11H13BrClNO/c12-7-1-2-8(10(13)3-7)9-4-11(9,5-14)6-15/h1-3,9,15H,4-6,14H2. The molecule has 0 aliphatic heterocycles. The van der Waals surface area contributed by atoms with E-state index >= 15 is 0 Å². The molecule has 2 nitrogen and oxygen atoms in total. The molecule has 1 saturated carbocycles. The average molecular weight is 291 g/mol. The van der Waals surface area contributed by atoms with Crippen molar-refractivity contribution in [1.29, 1.82) is 0 Å². The number of hydrogen-bond donors (Lipinski definition) is 2. The van der Waals surface area contributed by atoms with Gasteiger partial charge in [-0.2, -0.15) is 0 Å². The molecule has 0 saturated heterocycles. The van der Waals surface area contributed by atoms with Gasteiger partial charge in [-0.15, -0.1) is 0 Å². The Balaban J connectivity index is 2.26. The number of hydrogen-bond acceptors (Lipinski definition) is 2. The first-order valence-electron chi connectivity index (χ1n) is 4.89. The Morgan fingerprint density at radius 2 is 2.33 bits per heavy atom. The molecule has 3 N–H and O–H groups in total. The molecule has 1 aliphatic carbocycles. The van der Waals surface area contributed by atoms with Crippen molar-refractivity contribution in [1.82, 2.24) is 0 Å². The number of aliphatic hydroxyl groups is 1. The highest BCUT2D eigenvalue weighted by Gasteiger charge is 2.53. The van der Waals surface area contributed by atoms with Gasteiger partial charge in [-0.05, 0) is 30.0 Å². The van der Waals surface area contributed by atoms with Crippen LogP contribution in [0.2, 0.25) is 5.02 Å². The molecule has 2 atom stereocenters. The van der Waals surface area contributed by atoms with Crippen LogP contribution >= 0.6 is 27.5 Å². The SMILES string of the molecule is NCC1(CO)CC1c1ccc(Br)cc1Cl. The van der Waals surface area contributed by atoms with E-state index in [1.54, 1.807) is 0 Å². The van der Waals surface area contributed by atoms with E-state index in [-0.39, 0.29) is 12.0 Å². The van der Waals surface area contributed by atoms with Crippen molar-refractivity contribution in [2.75, 3.05) is 13.2 Å². The second kappa shape index (κ2) is 4.06. The maximum Gasteiger partial charge on any atom is 0.0505 e. The quantitative estimate of drug-likeness (QED) is 0.898. The second-order valence-electron chi connectivity index (χ2n) is 4.15. The molecular formula is C11H13BrClNO. The Morgan fingerprint density at radius 3 is 2.80 bits per heavy atom. The van der Waals surface area contributed by atoms with E-state index in [2.05, 4.69) is 15.9 Å². The Bertz CT molecular complexity index is 379. The van der Waals surface area contributed by atoms with E-state index in [0.29, 0.717) is 12.5 Å². The van der Waals surface area contributed by atoms with Crippen LogP contribution in [0.25, 0.3) is 0 Å². The maximum absolute atomic E-state index is 9.30. The highest BCUT2D eigenvalue weighted by atomic mass is 79.9. The Hall–Kier alpha value is -0.0900. The van der Waals surface area contributed by atoms with Crippen molar-refractivity contribution in [3.05, 3.63) is 33.3 Å². The third-order valence-corrected chi connectivity index (χ3v) is 4.07. The van der Waals surface area contributed by atoms with Crippen LogP contribution in [0.4, 0.5) is 0 Å². The molecule has 1 aromatic rings. The Morgan fingerprint density at radius 1 is 1.60 bits per heavy atom. The van der Waals surface area contributed by atoms with Crippen LogP contribution in [-0.2, 0) is 0 Å². The predicted molar refractivity (Wildman–Crippen MR) is 65.1 cm³/mol. The second-order valence-corrected chi connectivity index (χ2v) is 5.47. The highest BCUT2D eigenvalue weighted by Crippen LogP contribution is 2.59. The van der Waals surface area contributed by atoms with Crippen LogP contribution in [0, 0.1) is 5.41 Å². The van der Waals surface area contributed by atoms with Crippen LogP contribution in [0.1, 0.15) is 17.9 Å². The summed E-state index contributed by atoms with van der Waals surface area (Å²) in [6.07, 6.45) is 0.932. The molecule has 2 unspecified atom stereocenters. The van der Waals surface area contributed by atoms with Gasteiger partial charge in [-0.1, -0.05) is 33.6 Å². The summed E-state index contributed by atoms with van der Waals surface area (Å²) >= 11 is 9.52. The first kappa shape index (κ1) is 11.4. The minimum absolute atomic E-state index is 0.128. The van der Waals surface area contributed by atoms with Crippen molar-refractivity contribution in [2.24, 2.45) is 11.1 Å². The fourth-order valence-corrected chi connectivity index (χ4v) is 2.84. The Kier molecular flexibility index (Phi) is 3.08. The average Bonchev–Trinajstić information content (AvgIpc) is 2.93. The Labute approximate surface area is 103 Å². The fraction of sp³-hybridized carbons (Fsp3) is 0.455. The van der Waals surface area contributed by atoms with Crippen molar-refractivity contribution in [2.45, 2.75) is 12.3 Å². The van der Waals surface area contributed by atoms with Crippen LogP contribution < -0.4 is 5.73 Å². The first-order chi connectivity index (χ1) is 7.13. The molecule has 1 aromatic carbocycles. The van der Waals surface area contributed by atoms with Gasteiger partial charge in [0.1, 0.15) is 0 Å². The molecule has 0 amide bonds. The van der Waals surface area contributed by atoms with E-state index in [1.165, 1.54) is 0 Å². The number of benzene rings is 1. The lowest BCUT2D eigenvalue weighted by Gasteiger charge is -2.12. The van der Waals surface area contributed by atoms with Crippen molar-refractivity contribution >= 4 is 27.5 Å². The number of nitrogens with two attached hydrogens (primary N) is 1. The molecule has 4 heteroatoms. The molecule has 15 heavy (non-hydrogen) atoms. The van der Waals surface area contributed by atoms with Crippen molar-refractivity contribution < 1.29 is 5.11 Å². The van der Waals surface area contributed by atoms with Crippen molar-refractivity contribution in [3.8, 4) is 0 Å². The zero-order chi connectivity index (χ0) is 11.1.